The number of thiocarbonyl (C=S) groups is 1. The van der Waals surface area contributed by atoms with Crippen LogP contribution in [0.5, 0.6) is 5.75 Å². The van der Waals surface area contributed by atoms with Gasteiger partial charge in [0.05, 0.1) is 18.1 Å². The maximum atomic E-state index is 12.6. The number of rotatable bonds is 6. The number of hydrogen-bond acceptors (Lipinski definition) is 6. The number of amides is 1. The smallest absolute Gasteiger partial charge is 0.264 e. The highest BCUT2D eigenvalue weighted by atomic mass is 79.9. The Labute approximate surface area is 188 Å². The van der Waals surface area contributed by atoms with E-state index in [1.54, 1.807) is 24.3 Å². The molecule has 1 heterocycles. The lowest BCUT2D eigenvalue weighted by molar-refractivity contribution is -0.121. The van der Waals surface area contributed by atoms with E-state index in [0.717, 1.165) is 4.47 Å². The van der Waals surface area contributed by atoms with E-state index in [2.05, 4.69) is 26.6 Å². The second-order valence-electron chi connectivity index (χ2n) is 6.29. The molecule has 2 aromatic carbocycles. The predicted octanol–water partition coefficient (Wildman–Crippen LogP) is 2.36. The molecule has 0 radical (unpaired) electrons. The van der Waals surface area contributed by atoms with Crippen LogP contribution in [0.2, 0.25) is 0 Å². The van der Waals surface area contributed by atoms with Gasteiger partial charge in [-0.15, -0.1) is 0 Å². The van der Waals surface area contributed by atoms with Crippen molar-refractivity contribution in [3.63, 3.8) is 0 Å². The lowest BCUT2D eigenvalue weighted by Crippen LogP contribution is -2.40. The number of halogens is 1. The van der Waals surface area contributed by atoms with Crippen molar-refractivity contribution in [3.8, 4) is 5.75 Å². The Morgan fingerprint density at radius 1 is 1.10 bits per heavy atom. The molecule has 3 rings (SSSR count). The van der Waals surface area contributed by atoms with Gasteiger partial charge < -0.3 is 14.8 Å². The van der Waals surface area contributed by atoms with Gasteiger partial charge in [-0.2, -0.15) is 4.31 Å². The third-order valence-electron chi connectivity index (χ3n) is 4.16. The molecule has 0 spiro atoms. The second kappa shape index (κ2) is 10.3. The van der Waals surface area contributed by atoms with E-state index in [1.807, 2.05) is 12.1 Å². The van der Waals surface area contributed by atoms with E-state index in [-0.39, 0.29) is 16.6 Å². The summed E-state index contributed by atoms with van der Waals surface area (Å²) in [5.74, 6) is 0.145. The van der Waals surface area contributed by atoms with E-state index in [0.29, 0.717) is 37.7 Å². The molecule has 0 aromatic heterocycles. The molecule has 0 atom stereocenters. The molecule has 1 aliphatic rings. The average molecular weight is 514 g/mol. The van der Waals surface area contributed by atoms with Crippen LogP contribution in [0.4, 0.5) is 5.69 Å². The summed E-state index contributed by atoms with van der Waals surface area (Å²) in [6.45, 7) is 1.25. The number of morpholine rings is 1. The number of benzene rings is 2. The Morgan fingerprint density at radius 3 is 2.37 bits per heavy atom. The largest absolute Gasteiger partial charge is 0.484 e. The lowest BCUT2D eigenvalue weighted by atomic mass is 10.3. The zero-order valence-corrected chi connectivity index (χ0v) is 19.1. The number of anilines is 1. The van der Waals surface area contributed by atoms with E-state index >= 15 is 0 Å². The van der Waals surface area contributed by atoms with Crippen LogP contribution in [0.15, 0.2) is 57.9 Å². The van der Waals surface area contributed by atoms with Crippen molar-refractivity contribution < 1.29 is 22.7 Å². The molecule has 1 fully saturated rings. The maximum Gasteiger partial charge on any atom is 0.264 e. The molecule has 160 valence electrons. The zero-order valence-electron chi connectivity index (χ0n) is 15.8. The van der Waals surface area contributed by atoms with Gasteiger partial charge in [0.2, 0.25) is 10.0 Å². The van der Waals surface area contributed by atoms with Crippen molar-refractivity contribution in [1.29, 1.82) is 0 Å². The van der Waals surface area contributed by atoms with Gasteiger partial charge in [-0.3, -0.25) is 10.1 Å². The Balaban J connectivity index is 1.50. The summed E-state index contributed by atoms with van der Waals surface area (Å²) in [4.78, 5) is 12.2. The topological polar surface area (TPSA) is 97.0 Å². The summed E-state index contributed by atoms with van der Waals surface area (Å²) in [6, 6.07) is 13.3. The van der Waals surface area contributed by atoms with Gasteiger partial charge in [0.1, 0.15) is 5.75 Å². The molecular weight excluding hydrogens is 494 g/mol. The Morgan fingerprint density at radius 2 is 1.73 bits per heavy atom. The number of nitrogens with zero attached hydrogens (tertiary/aromatic N) is 1. The predicted molar refractivity (Wildman–Crippen MR) is 120 cm³/mol. The van der Waals surface area contributed by atoms with Crippen molar-refractivity contribution >= 4 is 54.9 Å². The summed E-state index contributed by atoms with van der Waals surface area (Å²) < 4.78 is 38.1. The highest BCUT2D eigenvalue weighted by Crippen LogP contribution is 2.19. The fourth-order valence-corrected chi connectivity index (χ4v) is 4.55. The number of nitrogens with one attached hydrogen (secondary N) is 2. The van der Waals surface area contributed by atoms with Crippen molar-refractivity contribution in [3.05, 3.63) is 53.0 Å². The summed E-state index contributed by atoms with van der Waals surface area (Å²) >= 11 is 8.45. The standard InChI is InChI=1S/C19H20BrN3O5S2/c20-14-1-5-16(6-2-14)28-13-18(24)22-19(29)21-15-3-7-17(8-4-15)30(25,26)23-9-11-27-12-10-23/h1-8H,9-13H2,(H2,21,22,24,29). The monoisotopic (exact) mass is 513 g/mol. The highest BCUT2D eigenvalue weighted by Gasteiger charge is 2.26. The van der Waals surface area contributed by atoms with Gasteiger partial charge in [0, 0.05) is 23.2 Å². The third-order valence-corrected chi connectivity index (χ3v) is 6.80. The second-order valence-corrected chi connectivity index (χ2v) is 9.55. The van der Waals surface area contributed by atoms with E-state index in [9.17, 15) is 13.2 Å². The van der Waals surface area contributed by atoms with Gasteiger partial charge in [-0.1, -0.05) is 15.9 Å². The van der Waals surface area contributed by atoms with E-state index < -0.39 is 15.9 Å². The summed E-state index contributed by atoms with van der Waals surface area (Å²) in [6.07, 6.45) is 0. The van der Waals surface area contributed by atoms with Gasteiger partial charge in [0.25, 0.3) is 5.91 Å². The van der Waals surface area contributed by atoms with Crippen LogP contribution in [-0.2, 0) is 19.6 Å². The first-order valence-electron chi connectivity index (χ1n) is 9.02. The average Bonchev–Trinajstić information content (AvgIpc) is 2.74. The molecule has 2 aromatic rings. The molecular formula is C19H20BrN3O5S2. The molecule has 0 aliphatic carbocycles. The first kappa shape index (κ1) is 22.6. The molecule has 0 bridgehead atoms. The lowest BCUT2D eigenvalue weighted by Gasteiger charge is -2.26. The maximum absolute atomic E-state index is 12.6. The van der Waals surface area contributed by atoms with Gasteiger partial charge in [-0.05, 0) is 60.7 Å². The van der Waals surface area contributed by atoms with Crippen LogP contribution in [-0.4, -0.2) is 56.7 Å². The SMILES string of the molecule is O=C(COc1ccc(Br)cc1)NC(=S)Nc1ccc(S(=O)(=O)N2CCOCC2)cc1. The highest BCUT2D eigenvalue weighted by molar-refractivity contribution is 9.10. The first-order chi connectivity index (χ1) is 14.3. The number of ether oxygens (including phenoxy) is 2. The molecule has 2 N–H and O–H groups in total. The third kappa shape index (κ3) is 6.22. The van der Waals surface area contributed by atoms with Gasteiger partial charge in [-0.25, -0.2) is 8.42 Å². The van der Waals surface area contributed by atoms with Crippen molar-refractivity contribution in [2.75, 3.05) is 38.2 Å². The van der Waals surface area contributed by atoms with Crippen LogP contribution < -0.4 is 15.4 Å². The first-order valence-corrected chi connectivity index (χ1v) is 11.7. The van der Waals surface area contributed by atoms with Crippen LogP contribution in [0.1, 0.15) is 0 Å². The molecule has 1 saturated heterocycles. The molecule has 1 aliphatic heterocycles. The van der Waals surface area contributed by atoms with Crippen LogP contribution in [0.25, 0.3) is 0 Å². The summed E-state index contributed by atoms with van der Waals surface area (Å²) in [7, 11) is -3.56. The molecule has 30 heavy (non-hydrogen) atoms. The minimum atomic E-state index is -3.56. The number of carbonyl (C=O) groups is 1. The fraction of sp³-hybridized carbons (Fsp3) is 0.263. The summed E-state index contributed by atoms with van der Waals surface area (Å²) in [5.41, 5.74) is 0.551. The van der Waals surface area contributed by atoms with Gasteiger partial charge >= 0.3 is 0 Å². The van der Waals surface area contributed by atoms with E-state index in [1.165, 1.54) is 16.4 Å². The molecule has 8 nitrogen and oxygen atoms in total. The van der Waals surface area contributed by atoms with Crippen molar-refractivity contribution in [2.24, 2.45) is 0 Å². The van der Waals surface area contributed by atoms with Crippen molar-refractivity contribution in [2.45, 2.75) is 4.90 Å². The number of hydrogen-bond donors (Lipinski definition) is 2. The van der Waals surface area contributed by atoms with Gasteiger partial charge in [0.15, 0.2) is 11.7 Å². The Kier molecular flexibility index (Phi) is 7.78. The zero-order chi connectivity index (χ0) is 21.6. The molecule has 11 heteroatoms. The normalized spacial score (nSPS) is 14.7. The van der Waals surface area contributed by atoms with Crippen molar-refractivity contribution in [1.82, 2.24) is 9.62 Å². The molecule has 0 saturated carbocycles. The molecule has 0 unspecified atom stereocenters. The minimum Gasteiger partial charge on any atom is -0.484 e. The Hall–Kier alpha value is -2.05. The van der Waals surface area contributed by atoms with Crippen LogP contribution >= 0.6 is 28.1 Å². The molecule has 1 amide bonds. The number of carbonyl (C=O) groups excluding carboxylic acids is 1. The van der Waals surface area contributed by atoms with Crippen LogP contribution in [0, 0.1) is 0 Å². The number of sulfonamides is 1. The minimum absolute atomic E-state index is 0.0863. The van der Waals surface area contributed by atoms with E-state index in [4.69, 9.17) is 21.7 Å². The fourth-order valence-electron chi connectivity index (χ4n) is 2.65. The quantitative estimate of drug-likeness (QED) is 0.572. The Bertz CT molecular complexity index is 992. The summed E-state index contributed by atoms with van der Waals surface area (Å²) in [5, 5.41) is 5.45. The van der Waals surface area contributed by atoms with Crippen LogP contribution in [0.3, 0.4) is 0 Å².